The van der Waals surface area contributed by atoms with Crippen LogP contribution >= 0.6 is 0 Å². The number of carboxylic acid groups (broad SMARTS) is 1. The molecule has 164 valence electrons. The van der Waals surface area contributed by atoms with Crippen LogP contribution in [0.4, 0.5) is 0 Å². The van der Waals surface area contributed by atoms with E-state index in [-0.39, 0.29) is 5.92 Å². The van der Waals surface area contributed by atoms with Gasteiger partial charge in [0.25, 0.3) is 5.91 Å². The van der Waals surface area contributed by atoms with Crippen LogP contribution in [0, 0.1) is 12.8 Å². The summed E-state index contributed by atoms with van der Waals surface area (Å²) in [5.74, 6) is -1.06. The Morgan fingerprint density at radius 2 is 1.93 bits per heavy atom. The number of amides is 1. The van der Waals surface area contributed by atoms with Crippen LogP contribution < -0.4 is 15.7 Å². The summed E-state index contributed by atoms with van der Waals surface area (Å²) in [6, 6.07) is 4.13. The molecule has 1 aromatic heterocycles. The number of aliphatic carboxylic acids is 1. The summed E-state index contributed by atoms with van der Waals surface area (Å²) >= 11 is 0. The minimum atomic E-state index is -1.08. The number of ether oxygens (including phenoxy) is 1. The first kappa shape index (κ1) is 23.4. The van der Waals surface area contributed by atoms with E-state index in [1.54, 1.807) is 19.9 Å². The van der Waals surface area contributed by atoms with E-state index in [0.717, 1.165) is 30.2 Å². The molecule has 2 aromatic rings. The standard InChI is InChI=1S/C23H31NO6/c1-6-7-8-16-12-20(25)30-21-14(4)19(10-9-17(16)21)29-15(5)22(26)24-18(23(27)28)11-13(2)3/h9-10,12-13,15,18H,6-8,11H2,1-5H3,(H,24,26)(H,27,28)/t15?,18-/m0/s1. The molecule has 0 bridgehead atoms. The first-order valence-corrected chi connectivity index (χ1v) is 10.4. The van der Waals surface area contributed by atoms with Crippen LogP contribution in [-0.4, -0.2) is 29.1 Å². The van der Waals surface area contributed by atoms with Gasteiger partial charge in [0, 0.05) is 17.0 Å². The van der Waals surface area contributed by atoms with E-state index in [1.165, 1.54) is 6.07 Å². The third-order valence-corrected chi connectivity index (χ3v) is 4.99. The summed E-state index contributed by atoms with van der Waals surface area (Å²) in [5.41, 5.74) is 1.58. The number of hydrogen-bond donors (Lipinski definition) is 2. The summed E-state index contributed by atoms with van der Waals surface area (Å²) in [6.07, 6.45) is 2.18. The molecule has 0 aliphatic rings. The quantitative estimate of drug-likeness (QED) is 0.569. The number of carboxylic acids is 1. The maximum Gasteiger partial charge on any atom is 0.336 e. The van der Waals surface area contributed by atoms with Crippen LogP contribution in [0.2, 0.25) is 0 Å². The number of hydrogen-bond acceptors (Lipinski definition) is 5. The number of fused-ring (bicyclic) bond motifs is 1. The second-order valence-electron chi connectivity index (χ2n) is 8.05. The van der Waals surface area contributed by atoms with Crippen LogP contribution in [0.3, 0.4) is 0 Å². The van der Waals surface area contributed by atoms with Crippen molar-refractivity contribution in [2.75, 3.05) is 0 Å². The van der Waals surface area contributed by atoms with Crippen LogP contribution in [-0.2, 0) is 16.0 Å². The third-order valence-electron chi connectivity index (χ3n) is 4.99. The lowest BCUT2D eigenvalue weighted by Crippen LogP contribution is -2.46. The molecule has 0 spiro atoms. The lowest BCUT2D eigenvalue weighted by Gasteiger charge is -2.21. The highest BCUT2D eigenvalue weighted by Crippen LogP contribution is 2.29. The molecule has 0 fully saturated rings. The Morgan fingerprint density at radius 3 is 2.53 bits per heavy atom. The van der Waals surface area contributed by atoms with Gasteiger partial charge in [0.15, 0.2) is 6.10 Å². The van der Waals surface area contributed by atoms with E-state index in [2.05, 4.69) is 12.2 Å². The van der Waals surface area contributed by atoms with Gasteiger partial charge >= 0.3 is 11.6 Å². The molecular formula is C23H31NO6. The molecule has 1 aromatic carbocycles. The number of carbonyl (C=O) groups is 2. The van der Waals surface area contributed by atoms with E-state index in [4.69, 9.17) is 9.15 Å². The van der Waals surface area contributed by atoms with Gasteiger partial charge in [-0.05, 0) is 56.7 Å². The number of rotatable bonds is 10. The van der Waals surface area contributed by atoms with Crippen molar-refractivity contribution in [2.24, 2.45) is 5.92 Å². The highest BCUT2D eigenvalue weighted by Gasteiger charge is 2.25. The summed E-state index contributed by atoms with van der Waals surface area (Å²) in [4.78, 5) is 35.9. The molecule has 0 aliphatic heterocycles. The van der Waals surface area contributed by atoms with Crippen molar-refractivity contribution in [3.8, 4) is 5.75 Å². The summed E-state index contributed by atoms with van der Waals surface area (Å²) in [7, 11) is 0. The fourth-order valence-corrected chi connectivity index (χ4v) is 3.34. The monoisotopic (exact) mass is 417 g/mol. The van der Waals surface area contributed by atoms with E-state index >= 15 is 0 Å². The predicted octanol–water partition coefficient (Wildman–Crippen LogP) is 3.83. The van der Waals surface area contributed by atoms with Crippen LogP contribution in [0.25, 0.3) is 11.0 Å². The van der Waals surface area contributed by atoms with E-state index in [0.29, 0.717) is 23.3 Å². The molecule has 0 saturated carbocycles. The molecule has 2 atom stereocenters. The van der Waals surface area contributed by atoms with Crippen molar-refractivity contribution in [3.63, 3.8) is 0 Å². The van der Waals surface area contributed by atoms with E-state index < -0.39 is 29.6 Å². The average molecular weight is 418 g/mol. The lowest BCUT2D eigenvalue weighted by atomic mass is 10.0. The minimum absolute atomic E-state index is 0.121. The topological polar surface area (TPSA) is 106 Å². The highest BCUT2D eigenvalue weighted by atomic mass is 16.5. The molecule has 30 heavy (non-hydrogen) atoms. The fourth-order valence-electron chi connectivity index (χ4n) is 3.34. The largest absolute Gasteiger partial charge is 0.480 e. The first-order valence-electron chi connectivity index (χ1n) is 10.4. The van der Waals surface area contributed by atoms with Gasteiger partial charge in [-0.15, -0.1) is 0 Å². The smallest absolute Gasteiger partial charge is 0.336 e. The highest BCUT2D eigenvalue weighted by molar-refractivity contribution is 5.87. The zero-order chi connectivity index (χ0) is 22.4. The third kappa shape index (κ3) is 5.84. The molecular weight excluding hydrogens is 386 g/mol. The maximum atomic E-state index is 12.5. The van der Waals surface area contributed by atoms with Crippen LogP contribution in [0.15, 0.2) is 27.4 Å². The zero-order valence-corrected chi connectivity index (χ0v) is 18.3. The molecule has 0 aliphatic carbocycles. The molecule has 7 nitrogen and oxygen atoms in total. The molecule has 1 unspecified atom stereocenters. The van der Waals surface area contributed by atoms with E-state index in [9.17, 15) is 19.5 Å². The molecule has 1 heterocycles. The molecule has 1 amide bonds. The Balaban J connectivity index is 2.24. The van der Waals surface area contributed by atoms with Crippen LogP contribution in [0.5, 0.6) is 5.75 Å². The summed E-state index contributed by atoms with van der Waals surface area (Å²) < 4.78 is 11.2. The van der Waals surface area contributed by atoms with E-state index in [1.807, 2.05) is 19.9 Å². The number of aryl methyl sites for hydroxylation is 2. The average Bonchev–Trinajstić information content (AvgIpc) is 2.67. The van der Waals surface area contributed by atoms with Crippen molar-refractivity contribution in [1.29, 1.82) is 0 Å². The van der Waals surface area contributed by atoms with Crippen molar-refractivity contribution in [2.45, 2.75) is 72.4 Å². The Bertz CT molecular complexity index is 962. The van der Waals surface area contributed by atoms with Gasteiger partial charge in [0.1, 0.15) is 17.4 Å². The fraction of sp³-hybridized carbons (Fsp3) is 0.522. The van der Waals surface area contributed by atoms with Gasteiger partial charge in [-0.1, -0.05) is 27.2 Å². The summed E-state index contributed by atoms with van der Waals surface area (Å²) in [5, 5.41) is 12.7. The Hall–Kier alpha value is -2.83. The summed E-state index contributed by atoms with van der Waals surface area (Å²) in [6.45, 7) is 9.20. The SMILES string of the molecule is CCCCc1cc(=O)oc2c(C)c(OC(C)C(=O)N[C@@H](CC(C)C)C(=O)O)ccc12. The molecule has 0 saturated heterocycles. The number of benzene rings is 1. The van der Waals surface area contributed by atoms with Crippen molar-refractivity contribution >= 4 is 22.8 Å². The maximum absolute atomic E-state index is 12.5. The van der Waals surface area contributed by atoms with Crippen molar-refractivity contribution in [3.05, 3.63) is 39.7 Å². The van der Waals surface area contributed by atoms with Gasteiger partial charge in [0.05, 0.1) is 0 Å². The molecule has 2 N–H and O–H groups in total. The Labute approximate surface area is 176 Å². The number of nitrogens with one attached hydrogen (secondary N) is 1. The molecule has 7 heteroatoms. The van der Waals surface area contributed by atoms with Crippen LogP contribution in [0.1, 0.15) is 58.1 Å². The zero-order valence-electron chi connectivity index (χ0n) is 18.3. The Morgan fingerprint density at radius 1 is 1.23 bits per heavy atom. The predicted molar refractivity (Wildman–Crippen MR) is 115 cm³/mol. The normalized spacial score (nSPS) is 13.3. The van der Waals surface area contributed by atoms with Gasteiger partial charge in [-0.25, -0.2) is 9.59 Å². The van der Waals surface area contributed by atoms with Gasteiger partial charge < -0.3 is 19.6 Å². The lowest BCUT2D eigenvalue weighted by molar-refractivity contribution is -0.143. The van der Waals surface area contributed by atoms with Crippen molar-refractivity contribution in [1.82, 2.24) is 5.32 Å². The second kappa shape index (κ2) is 10.3. The number of carbonyl (C=O) groups excluding carboxylic acids is 1. The Kier molecular flexibility index (Phi) is 8.03. The minimum Gasteiger partial charge on any atom is -0.480 e. The molecule has 0 radical (unpaired) electrons. The molecule has 2 rings (SSSR count). The first-order chi connectivity index (χ1) is 14.1. The second-order valence-corrected chi connectivity index (χ2v) is 8.05. The van der Waals surface area contributed by atoms with Gasteiger partial charge in [-0.2, -0.15) is 0 Å². The van der Waals surface area contributed by atoms with Gasteiger partial charge in [-0.3, -0.25) is 4.79 Å². The van der Waals surface area contributed by atoms with Crippen molar-refractivity contribution < 1.29 is 23.8 Å². The van der Waals surface area contributed by atoms with Gasteiger partial charge in [0.2, 0.25) is 0 Å². The number of unbranched alkanes of at least 4 members (excludes halogenated alkanes) is 1.